The lowest BCUT2D eigenvalue weighted by atomic mass is 9.83. The summed E-state index contributed by atoms with van der Waals surface area (Å²) in [6.07, 6.45) is 3.86. The molecule has 1 fully saturated rings. The summed E-state index contributed by atoms with van der Waals surface area (Å²) in [6.45, 7) is 6.27. The Bertz CT molecular complexity index is 1340. The van der Waals surface area contributed by atoms with E-state index < -0.39 is 0 Å². The number of rotatable bonds is 7. The predicted molar refractivity (Wildman–Crippen MR) is 138 cm³/mol. The number of ether oxygens (including phenoxy) is 1. The maximum Gasteiger partial charge on any atom is 0.258 e. The molecule has 3 heterocycles. The van der Waals surface area contributed by atoms with Gasteiger partial charge < -0.3 is 14.6 Å². The number of aromatic nitrogens is 2. The maximum atomic E-state index is 13.4. The Morgan fingerprint density at radius 1 is 1.23 bits per heavy atom. The van der Waals surface area contributed by atoms with Crippen molar-refractivity contribution in [1.29, 1.82) is 0 Å². The standard InChI is InChI=1S/C28H32N4O3/c1-28(2)22-11-5-7-13-24(22)31(3)25(28)15-19(33)16-32(17-20-9-8-14-35-20)18-26-29-23-12-6-4-10-21(23)27(34)30-26/h4-7,10-13,15,20H,8-9,14,16-18H2,1-3H3,(H,29,30,34)/b25-15-. The summed E-state index contributed by atoms with van der Waals surface area (Å²) in [5, 5.41) is 0.564. The summed E-state index contributed by atoms with van der Waals surface area (Å²) in [4.78, 5) is 37.6. The lowest BCUT2D eigenvalue weighted by Crippen LogP contribution is -2.37. The molecule has 0 aliphatic carbocycles. The summed E-state index contributed by atoms with van der Waals surface area (Å²) >= 11 is 0. The average Bonchev–Trinajstić information content (AvgIpc) is 3.40. The van der Waals surface area contributed by atoms with Gasteiger partial charge in [-0.25, -0.2) is 4.98 Å². The van der Waals surface area contributed by atoms with Gasteiger partial charge in [-0.2, -0.15) is 0 Å². The van der Waals surface area contributed by atoms with Crippen molar-refractivity contribution < 1.29 is 9.53 Å². The number of hydrogen-bond donors (Lipinski definition) is 1. The number of carbonyl (C=O) groups excluding carboxylic acids is 1. The highest BCUT2D eigenvalue weighted by atomic mass is 16.5. The Labute approximate surface area is 205 Å². The summed E-state index contributed by atoms with van der Waals surface area (Å²) in [5.41, 5.74) is 3.57. The number of likely N-dealkylation sites (N-methyl/N-ethyl adjacent to an activating group) is 1. The van der Waals surface area contributed by atoms with Crippen molar-refractivity contribution in [3.8, 4) is 0 Å². The first-order chi connectivity index (χ1) is 16.8. The zero-order valence-corrected chi connectivity index (χ0v) is 20.6. The summed E-state index contributed by atoms with van der Waals surface area (Å²) < 4.78 is 5.85. The van der Waals surface area contributed by atoms with E-state index in [0.717, 1.165) is 30.8 Å². The minimum atomic E-state index is -0.258. The number of nitrogens with zero attached hydrogens (tertiary/aromatic N) is 3. The Hall–Kier alpha value is -3.29. The fourth-order valence-electron chi connectivity index (χ4n) is 5.36. The van der Waals surface area contributed by atoms with Crippen molar-refractivity contribution in [2.75, 3.05) is 31.6 Å². The van der Waals surface area contributed by atoms with Crippen LogP contribution in [0.5, 0.6) is 0 Å². The monoisotopic (exact) mass is 472 g/mol. The minimum Gasteiger partial charge on any atom is -0.377 e. The van der Waals surface area contributed by atoms with Gasteiger partial charge in [0.2, 0.25) is 0 Å². The van der Waals surface area contributed by atoms with Crippen LogP contribution in [0.1, 0.15) is 38.1 Å². The summed E-state index contributed by atoms with van der Waals surface area (Å²) in [5.74, 6) is 0.576. The number of carbonyl (C=O) groups is 1. The molecule has 7 nitrogen and oxygen atoms in total. The summed E-state index contributed by atoms with van der Waals surface area (Å²) in [7, 11) is 2.01. The number of benzene rings is 2. The van der Waals surface area contributed by atoms with Gasteiger partial charge in [0.1, 0.15) is 5.82 Å². The third kappa shape index (κ3) is 4.66. The van der Waals surface area contributed by atoms with Crippen LogP contribution in [-0.2, 0) is 21.5 Å². The number of H-pyrrole nitrogens is 1. The molecular formula is C28H32N4O3. The molecule has 35 heavy (non-hydrogen) atoms. The van der Waals surface area contributed by atoms with E-state index in [0.29, 0.717) is 29.8 Å². The molecule has 3 aromatic rings. The second-order valence-corrected chi connectivity index (χ2v) is 10.0. The van der Waals surface area contributed by atoms with Crippen molar-refractivity contribution >= 4 is 22.4 Å². The van der Waals surface area contributed by atoms with Crippen LogP contribution in [0.2, 0.25) is 0 Å². The lowest BCUT2D eigenvalue weighted by Gasteiger charge is -2.26. The lowest BCUT2D eigenvalue weighted by molar-refractivity contribution is -0.116. The number of anilines is 1. The highest BCUT2D eigenvalue weighted by molar-refractivity contribution is 5.94. The van der Waals surface area contributed by atoms with E-state index in [-0.39, 0.29) is 29.4 Å². The highest BCUT2D eigenvalue weighted by Crippen LogP contribution is 2.46. The first kappa shape index (κ1) is 23.5. The van der Waals surface area contributed by atoms with Gasteiger partial charge in [0, 0.05) is 43.1 Å². The van der Waals surface area contributed by atoms with Gasteiger partial charge in [0.15, 0.2) is 5.78 Å². The fourth-order valence-corrected chi connectivity index (χ4v) is 5.36. The predicted octanol–water partition coefficient (Wildman–Crippen LogP) is 3.78. The third-order valence-corrected chi connectivity index (χ3v) is 7.14. The van der Waals surface area contributed by atoms with Crippen LogP contribution in [0.4, 0.5) is 5.69 Å². The zero-order valence-electron chi connectivity index (χ0n) is 20.6. The van der Waals surface area contributed by atoms with Gasteiger partial charge >= 0.3 is 0 Å². The Balaban J connectivity index is 1.39. The van der Waals surface area contributed by atoms with Crippen LogP contribution in [0.3, 0.4) is 0 Å². The third-order valence-electron chi connectivity index (χ3n) is 7.14. The van der Waals surface area contributed by atoms with Crippen molar-refractivity contribution in [2.45, 2.75) is 44.8 Å². The smallest absolute Gasteiger partial charge is 0.258 e. The number of allylic oxidation sites excluding steroid dienone is 1. The topological polar surface area (TPSA) is 78.5 Å². The summed E-state index contributed by atoms with van der Waals surface area (Å²) in [6, 6.07) is 15.6. The van der Waals surface area contributed by atoms with Gasteiger partial charge in [0.25, 0.3) is 5.56 Å². The molecule has 5 rings (SSSR count). The molecule has 1 atom stereocenters. The normalized spacial score (nSPS) is 20.2. The van der Waals surface area contributed by atoms with E-state index in [9.17, 15) is 9.59 Å². The van der Waals surface area contributed by atoms with E-state index in [4.69, 9.17) is 4.74 Å². The van der Waals surface area contributed by atoms with E-state index >= 15 is 0 Å². The van der Waals surface area contributed by atoms with Crippen LogP contribution < -0.4 is 10.5 Å². The number of aromatic amines is 1. The Morgan fingerprint density at radius 3 is 2.77 bits per heavy atom. The molecule has 0 saturated carbocycles. The van der Waals surface area contributed by atoms with E-state index in [1.54, 1.807) is 12.1 Å². The fraction of sp³-hybridized carbons (Fsp3) is 0.393. The second-order valence-electron chi connectivity index (χ2n) is 10.0. The minimum absolute atomic E-state index is 0.0221. The van der Waals surface area contributed by atoms with Crippen LogP contribution in [-0.4, -0.2) is 53.5 Å². The molecule has 182 valence electrons. The number of para-hydroxylation sites is 2. The molecule has 1 unspecified atom stereocenters. The van der Waals surface area contributed by atoms with Crippen molar-refractivity contribution in [3.63, 3.8) is 0 Å². The van der Waals surface area contributed by atoms with Gasteiger partial charge in [-0.3, -0.25) is 14.5 Å². The first-order valence-electron chi connectivity index (χ1n) is 12.2. The van der Waals surface area contributed by atoms with Crippen LogP contribution >= 0.6 is 0 Å². The number of hydrogen-bond acceptors (Lipinski definition) is 6. The molecule has 0 radical (unpaired) electrons. The van der Waals surface area contributed by atoms with E-state index in [2.05, 4.69) is 40.8 Å². The Morgan fingerprint density at radius 2 is 2.00 bits per heavy atom. The molecule has 0 amide bonds. The molecule has 7 heteroatoms. The van der Waals surface area contributed by atoms with Crippen molar-refractivity contribution in [2.24, 2.45) is 0 Å². The first-order valence-corrected chi connectivity index (χ1v) is 12.2. The van der Waals surface area contributed by atoms with Crippen LogP contribution in [0.15, 0.2) is 65.1 Å². The van der Waals surface area contributed by atoms with E-state index in [1.807, 2.05) is 42.3 Å². The molecule has 2 aliphatic heterocycles. The van der Waals surface area contributed by atoms with Gasteiger partial charge in [-0.05, 0) is 36.6 Å². The molecule has 0 bridgehead atoms. The largest absolute Gasteiger partial charge is 0.377 e. The number of fused-ring (bicyclic) bond motifs is 2. The molecule has 1 N–H and O–H groups in total. The molecular weight excluding hydrogens is 440 g/mol. The van der Waals surface area contributed by atoms with Gasteiger partial charge in [-0.1, -0.05) is 44.2 Å². The molecule has 1 aromatic heterocycles. The number of ketones is 1. The van der Waals surface area contributed by atoms with Crippen LogP contribution in [0, 0.1) is 0 Å². The van der Waals surface area contributed by atoms with Gasteiger partial charge in [0.05, 0.1) is 30.1 Å². The van der Waals surface area contributed by atoms with Crippen molar-refractivity contribution in [3.05, 3.63) is 82.0 Å². The quantitative estimate of drug-likeness (QED) is 0.527. The molecule has 1 saturated heterocycles. The van der Waals surface area contributed by atoms with E-state index in [1.165, 1.54) is 5.56 Å². The molecule has 0 spiro atoms. The van der Waals surface area contributed by atoms with Gasteiger partial charge in [-0.15, -0.1) is 0 Å². The molecule has 2 aliphatic rings. The zero-order chi connectivity index (χ0) is 24.6. The molecule has 2 aromatic carbocycles. The number of nitrogens with one attached hydrogen (secondary N) is 1. The maximum absolute atomic E-state index is 13.4. The van der Waals surface area contributed by atoms with Crippen LogP contribution in [0.25, 0.3) is 10.9 Å². The van der Waals surface area contributed by atoms with Crippen molar-refractivity contribution in [1.82, 2.24) is 14.9 Å². The highest BCUT2D eigenvalue weighted by Gasteiger charge is 2.38. The average molecular weight is 473 g/mol. The SMILES string of the molecule is CN1/C(=C\C(=O)CN(Cc2nc3ccccc3c(=O)[nH]2)CC2CCCO2)C(C)(C)c2ccccc21. The second kappa shape index (κ2) is 9.40. The Kier molecular flexibility index (Phi) is 6.30.